The third kappa shape index (κ3) is 1.93. The molecule has 0 saturated heterocycles. The molecular weight excluding hydrogens is 310 g/mol. The minimum absolute atomic E-state index is 0.119. The van der Waals surface area contributed by atoms with Crippen LogP contribution in [0.5, 0.6) is 0 Å². The Morgan fingerprint density at radius 1 is 1.24 bits per heavy atom. The van der Waals surface area contributed by atoms with E-state index in [1.807, 2.05) is 6.92 Å². The van der Waals surface area contributed by atoms with Gasteiger partial charge in [0.2, 0.25) is 0 Å². The van der Waals surface area contributed by atoms with Crippen molar-refractivity contribution in [3.05, 3.63) is 28.8 Å². The average Bonchev–Trinajstić information content (AvgIpc) is 2.66. The minimum Gasteiger partial charge on any atom is -0.322 e. The van der Waals surface area contributed by atoms with Gasteiger partial charge in [-0.05, 0) is 23.8 Å². The van der Waals surface area contributed by atoms with Crippen LogP contribution in [-0.4, -0.2) is 9.55 Å². The van der Waals surface area contributed by atoms with E-state index in [2.05, 4.69) is 37.2 Å². The maximum absolute atomic E-state index is 13.7. The summed E-state index contributed by atoms with van der Waals surface area (Å²) in [6.07, 6.45) is 0. The summed E-state index contributed by atoms with van der Waals surface area (Å²) in [4.78, 5) is 4.54. The van der Waals surface area contributed by atoms with Gasteiger partial charge in [0.1, 0.15) is 11.6 Å². The first kappa shape index (κ1) is 15.1. The second-order valence-corrected chi connectivity index (χ2v) is 8.12. The zero-order valence-corrected chi connectivity index (χ0v) is 14.3. The predicted octanol–water partition coefficient (Wildman–Crippen LogP) is 5.74. The molecule has 1 fully saturated rings. The van der Waals surface area contributed by atoms with Gasteiger partial charge in [-0.1, -0.05) is 39.3 Å². The Balaban J connectivity index is 2.30. The van der Waals surface area contributed by atoms with Gasteiger partial charge >= 0.3 is 0 Å². The van der Waals surface area contributed by atoms with Gasteiger partial charge < -0.3 is 4.57 Å². The van der Waals surface area contributed by atoms with Crippen molar-refractivity contribution in [3.8, 4) is 0 Å². The third-order valence-corrected chi connectivity index (χ3v) is 5.80. The van der Waals surface area contributed by atoms with Crippen LogP contribution >= 0.6 is 23.2 Å². The van der Waals surface area contributed by atoms with E-state index < -0.39 is 5.82 Å². The molecule has 0 bridgehead atoms. The molecule has 0 radical (unpaired) electrons. The lowest BCUT2D eigenvalue weighted by atomic mass is 10.0. The summed E-state index contributed by atoms with van der Waals surface area (Å²) < 4.78 is 15.8. The van der Waals surface area contributed by atoms with Crippen LogP contribution < -0.4 is 0 Å². The number of nitrogens with zero attached hydrogens (tertiary/aromatic N) is 2. The topological polar surface area (TPSA) is 17.8 Å². The lowest BCUT2D eigenvalue weighted by molar-refractivity contribution is 0.457. The van der Waals surface area contributed by atoms with Crippen molar-refractivity contribution in [2.45, 2.75) is 46.0 Å². The Hall–Kier alpha value is -0.800. The standard InChI is InChI=1S/C16H19Cl2FN2/c1-8(17)13-20-11-7-10(19)9(18)6-12(11)21(13)14-15(2,3)16(14,4)5/h6-8,14H,1-5H3. The normalized spacial score (nSPS) is 21.7. The summed E-state index contributed by atoms with van der Waals surface area (Å²) in [7, 11) is 0. The highest BCUT2D eigenvalue weighted by Crippen LogP contribution is 2.72. The van der Waals surface area contributed by atoms with E-state index in [0.717, 1.165) is 11.3 Å². The minimum atomic E-state index is -0.447. The second kappa shape index (κ2) is 4.36. The van der Waals surface area contributed by atoms with E-state index in [4.69, 9.17) is 23.2 Å². The number of imidazole rings is 1. The van der Waals surface area contributed by atoms with Gasteiger partial charge in [-0.15, -0.1) is 11.6 Å². The molecular formula is C16H19Cl2FN2. The van der Waals surface area contributed by atoms with E-state index in [9.17, 15) is 4.39 Å². The van der Waals surface area contributed by atoms with E-state index in [0.29, 0.717) is 5.52 Å². The fourth-order valence-corrected chi connectivity index (χ4v) is 3.78. The Bertz CT molecular complexity index is 717. The molecule has 2 nitrogen and oxygen atoms in total. The molecule has 1 aliphatic rings. The molecule has 0 N–H and O–H groups in total. The van der Waals surface area contributed by atoms with Gasteiger partial charge in [0.15, 0.2) is 0 Å². The lowest BCUT2D eigenvalue weighted by Gasteiger charge is -2.13. The summed E-state index contributed by atoms with van der Waals surface area (Å²) in [6, 6.07) is 3.32. The number of rotatable bonds is 2. The van der Waals surface area contributed by atoms with Crippen LogP contribution in [0.1, 0.15) is 51.9 Å². The highest BCUT2D eigenvalue weighted by molar-refractivity contribution is 6.31. The molecule has 1 aliphatic carbocycles. The molecule has 1 saturated carbocycles. The molecule has 1 heterocycles. The Kier molecular flexibility index (Phi) is 3.14. The highest BCUT2D eigenvalue weighted by atomic mass is 35.5. The number of hydrogen-bond acceptors (Lipinski definition) is 1. The third-order valence-electron chi connectivity index (χ3n) is 5.32. The summed E-state index contributed by atoms with van der Waals surface area (Å²) in [6.45, 7) is 10.8. The molecule has 5 heteroatoms. The van der Waals surface area contributed by atoms with Gasteiger partial charge in [-0.3, -0.25) is 0 Å². The molecule has 0 aliphatic heterocycles. The summed E-state index contributed by atoms with van der Waals surface area (Å²) in [5.74, 6) is 0.328. The Morgan fingerprint density at radius 2 is 1.81 bits per heavy atom. The smallest absolute Gasteiger partial charge is 0.144 e. The SMILES string of the molecule is CC(Cl)c1nc2cc(F)c(Cl)cc2n1C1C(C)(C)C1(C)C. The number of fused-ring (bicyclic) bond motifs is 1. The number of aromatic nitrogens is 2. The van der Waals surface area contributed by atoms with Crippen LogP contribution in [0.2, 0.25) is 5.02 Å². The number of halogens is 3. The zero-order chi connectivity index (χ0) is 15.7. The summed E-state index contributed by atoms with van der Waals surface area (Å²) >= 11 is 12.3. The zero-order valence-electron chi connectivity index (χ0n) is 12.8. The fourth-order valence-electron chi connectivity index (χ4n) is 3.47. The van der Waals surface area contributed by atoms with Crippen molar-refractivity contribution in [1.82, 2.24) is 9.55 Å². The maximum atomic E-state index is 13.7. The first-order valence-electron chi connectivity index (χ1n) is 7.10. The van der Waals surface area contributed by atoms with Crippen LogP contribution in [-0.2, 0) is 0 Å². The van der Waals surface area contributed by atoms with Crippen LogP contribution in [0.15, 0.2) is 12.1 Å². The van der Waals surface area contributed by atoms with E-state index >= 15 is 0 Å². The number of benzene rings is 1. The van der Waals surface area contributed by atoms with E-state index in [1.165, 1.54) is 6.07 Å². The first-order valence-corrected chi connectivity index (χ1v) is 7.91. The molecule has 1 atom stereocenters. The van der Waals surface area contributed by atoms with Crippen molar-refractivity contribution in [1.29, 1.82) is 0 Å². The van der Waals surface area contributed by atoms with Gasteiger partial charge in [0.25, 0.3) is 0 Å². The predicted molar refractivity (Wildman–Crippen MR) is 85.6 cm³/mol. The van der Waals surface area contributed by atoms with Crippen molar-refractivity contribution >= 4 is 34.2 Å². The van der Waals surface area contributed by atoms with Crippen molar-refractivity contribution in [2.24, 2.45) is 10.8 Å². The summed E-state index contributed by atoms with van der Waals surface area (Å²) in [5, 5.41) is -0.125. The van der Waals surface area contributed by atoms with Crippen LogP contribution in [0, 0.1) is 16.6 Å². The average molecular weight is 329 g/mol. The van der Waals surface area contributed by atoms with Gasteiger partial charge in [0, 0.05) is 12.1 Å². The molecule has 3 rings (SSSR count). The fraction of sp³-hybridized carbons (Fsp3) is 0.562. The van der Waals surface area contributed by atoms with E-state index in [-0.39, 0.29) is 27.3 Å². The van der Waals surface area contributed by atoms with Crippen LogP contribution in [0.3, 0.4) is 0 Å². The van der Waals surface area contributed by atoms with Crippen LogP contribution in [0.4, 0.5) is 4.39 Å². The lowest BCUT2D eigenvalue weighted by Crippen LogP contribution is -2.07. The Morgan fingerprint density at radius 3 is 2.29 bits per heavy atom. The molecule has 2 aromatic rings. The number of hydrogen-bond donors (Lipinski definition) is 0. The van der Waals surface area contributed by atoms with Crippen molar-refractivity contribution in [2.75, 3.05) is 0 Å². The van der Waals surface area contributed by atoms with Crippen molar-refractivity contribution < 1.29 is 4.39 Å². The first-order chi connectivity index (χ1) is 9.59. The van der Waals surface area contributed by atoms with Crippen molar-refractivity contribution in [3.63, 3.8) is 0 Å². The molecule has 1 unspecified atom stereocenters. The molecule has 0 amide bonds. The summed E-state index contributed by atoms with van der Waals surface area (Å²) in [5.41, 5.74) is 1.72. The molecule has 0 spiro atoms. The van der Waals surface area contributed by atoms with Gasteiger partial charge in [-0.2, -0.15) is 0 Å². The largest absolute Gasteiger partial charge is 0.322 e. The monoisotopic (exact) mass is 328 g/mol. The maximum Gasteiger partial charge on any atom is 0.144 e. The highest BCUT2D eigenvalue weighted by Gasteiger charge is 2.66. The van der Waals surface area contributed by atoms with Gasteiger partial charge in [-0.25, -0.2) is 9.37 Å². The Labute approximate surface area is 134 Å². The molecule has 1 aromatic heterocycles. The van der Waals surface area contributed by atoms with Crippen LogP contribution in [0.25, 0.3) is 11.0 Å². The quantitative estimate of drug-likeness (QED) is 0.643. The number of alkyl halides is 1. The molecule has 114 valence electrons. The second-order valence-electron chi connectivity index (χ2n) is 7.06. The molecule has 1 aromatic carbocycles. The van der Waals surface area contributed by atoms with E-state index in [1.54, 1.807) is 6.07 Å². The van der Waals surface area contributed by atoms with Gasteiger partial charge in [0.05, 0.1) is 21.4 Å². The molecule has 21 heavy (non-hydrogen) atoms.